The Hall–Kier alpha value is -1.73. The first kappa shape index (κ1) is 18.1. The van der Waals surface area contributed by atoms with Crippen LogP contribution in [0.3, 0.4) is 0 Å². The second-order valence-electron chi connectivity index (χ2n) is 7.39. The van der Waals surface area contributed by atoms with Gasteiger partial charge in [-0.25, -0.2) is 0 Å². The van der Waals surface area contributed by atoms with E-state index >= 15 is 0 Å². The molecule has 1 fully saturated rings. The van der Waals surface area contributed by atoms with Crippen LogP contribution in [0.2, 0.25) is 0 Å². The normalized spacial score (nSPS) is 25.8. The molecule has 1 aromatic rings. The van der Waals surface area contributed by atoms with E-state index < -0.39 is 6.04 Å². The predicted octanol–water partition coefficient (Wildman–Crippen LogP) is 1.74. The van der Waals surface area contributed by atoms with E-state index in [1.165, 1.54) is 0 Å². The van der Waals surface area contributed by atoms with Crippen molar-refractivity contribution in [1.82, 2.24) is 14.9 Å². The van der Waals surface area contributed by atoms with E-state index in [9.17, 15) is 14.7 Å². The molecule has 2 heterocycles. The van der Waals surface area contributed by atoms with E-state index in [1.807, 2.05) is 10.4 Å². The molecule has 6 nitrogen and oxygen atoms in total. The van der Waals surface area contributed by atoms with Crippen LogP contribution in [0.4, 0.5) is 0 Å². The number of carbonyl (C=O) groups excluding carboxylic acids is 2. The average molecular weight is 363 g/mol. The van der Waals surface area contributed by atoms with Crippen molar-refractivity contribution in [2.24, 2.45) is 0 Å². The van der Waals surface area contributed by atoms with Gasteiger partial charge in [-0.15, -0.1) is 0 Å². The van der Waals surface area contributed by atoms with Crippen LogP contribution < -0.4 is 10.6 Å². The predicted molar refractivity (Wildman–Crippen MR) is 98.1 cm³/mol. The van der Waals surface area contributed by atoms with Crippen molar-refractivity contribution in [3.05, 3.63) is 29.3 Å². The highest BCUT2D eigenvalue weighted by atomic mass is 32.2. The molecule has 1 aromatic carbocycles. The van der Waals surface area contributed by atoms with E-state index in [0.717, 1.165) is 17.5 Å². The smallest absolute Gasteiger partial charge is 0.255 e. The minimum absolute atomic E-state index is 0.0354. The van der Waals surface area contributed by atoms with Crippen LogP contribution in [0.15, 0.2) is 18.2 Å². The molecule has 0 aromatic heterocycles. The summed E-state index contributed by atoms with van der Waals surface area (Å²) in [5, 5.41) is 15.6. The second-order valence-corrected chi connectivity index (χ2v) is 9.07. The monoisotopic (exact) mass is 363 g/mol. The van der Waals surface area contributed by atoms with Gasteiger partial charge in [0, 0.05) is 11.2 Å². The molecule has 1 saturated heterocycles. The first-order valence-electron chi connectivity index (χ1n) is 8.53. The first-order valence-corrected chi connectivity index (χ1v) is 9.31. The molecule has 2 aliphatic rings. The summed E-state index contributed by atoms with van der Waals surface area (Å²) in [5.41, 5.74) is 1.98. The summed E-state index contributed by atoms with van der Waals surface area (Å²) in [6.07, 6.45) is 1.23. The highest BCUT2D eigenvalue weighted by Crippen LogP contribution is 2.52. The van der Waals surface area contributed by atoms with Gasteiger partial charge in [0.25, 0.3) is 5.91 Å². The molecule has 25 heavy (non-hydrogen) atoms. The summed E-state index contributed by atoms with van der Waals surface area (Å²) in [6, 6.07) is 4.24. The van der Waals surface area contributed by atoms with Crippen molar-refractivity contribution < 1.29 is 14.7 Å². The minimum Gasteiger partial charge on any atom is -0.508 e. The zero-order valence-corrected chi connectivity index (χ0v) is 15.8. The Labute approximate surface area is 152 Å². The van der Waals surface area contributed by atoms with Gasteiger partial charge in [-0.3, -0.25) is 13.9 Å². The van der Waals surface area contributed by atoms with Gasteiger partial charge in [0.05, 0.1) is 12.1 Å². The molecule has 0 aliphatic carbocycles. The molecular weight excluding hydrogens is 338 g/mol. The molecule has 2 amide bonds. The number of carbonyl (C=O) groups is 2. The third kappa shape index (κ3) is 3.48. The number of rotatable bonds is 3. The number of phenolic OH excluding ortho intramolecular Hbond substituents is 1. The number of fused-ring (bicyclic) bond motifs is 3. The van der Waals surface area contributed by atoms with Gasteiger partial charge in [-0.2, -0.15) is 0 Å². The van der Waals surface area contributed by atoms with E-state index in [0.29, 0.717) is 6.42 Å². The molecule has 0 spiro atoms. The van der Waals surface area contributed by atoms with Gasteiger partial charge in [-0.05, 0) is 69.4 Å². The zero-order valence-electron chi connectivity index (χ0n) is 15.0. The number of hydrogen-bond donors (Lipinski definition) is 3. The number of hydrogen-bond acceptors (Lipinski definition) is 5. The SMILES string of the molecule is CN[C@@H](C)C(=O)N[C@H]1Cc2cc(O)ccc2[C@H]2CC(C)(C)SN2C1=O. The first-order chi connectivity index (χ1) is 11.7. The molecule has 0 radical (unpaired) electrons. The fourth-order valence-corrected chi connectivity index (χ4v) is 4.74. The van der Waals surface area contributed by atoms with Gasteiger partial charge in [0.2, 0.25) is 5.91 Å². The molecule has 0 unspecified atom stereocenters. The lowest BCUT2D eigenvalue weighted by atomic mass is 9.92. The molecule has 0 saturated carbocycles. The summed E-state index contributed by atoms with van der Waals surface area (Å²) in [7, 11) is 1.71. The van der Waals surface area contributed by atoms with Gasteiger partial charge in [0.1, 0.15) is 11.8 Å². The van der Waals surface area contributed by atoms with Crippen molar-refractivity contribution >= 4 is 23.8 Å². The number of amides is 2. The summed E-state index contributed by atoms with van der Waals surface area (Å²) < 4.78 is 1.76. The topological polar surface area (TPSA) is 81.7 Å². The lowest BCUT2D eigenvalue weighted by Crippen LogP contribution is -2.51. The molecule has 3 rings (SSSR count). The Morgan fingerprint density at radius 1 is 1.44 bits per heavy atom. The van der Waals surface area contributed by atoms with Gasteiger partial charge in [0.15, 0.2) is 0 Å². The number of likely N-dealkylation sites (N-methyl/N-ethyl adjacent to an activating group) is 1. The lowest BCUT2D eigenvalue weighted by Gasteiger charge is -2.25. The van der Waals surface area contributed by atoms with Crippen molar-refractivity contribution in [3.8, 4) is 5.75 Å². The van der Waals surface area contributed by atoms with Crippen LogP contribution in [-0.4, -0.2) is 45.1 Å². The quantitative estimate of drug-likeness (QED) is 0.713. The molecule has 7 heteroatoms. The second kappa shape index (κ2) is 6.53. The Kier molecular flexibility index (Phi) is 4.72. The fourth-order valence-electron chi connectivity index (χ4n) is 3.45. The average Bonchev–Trinajstić information content (AvgIpc) is 2.83. The van der Waals surface area contributed by atoms with Gasteiger partial charge < -0.3 is 15.7 Å². The number of benzene rings is 1. The van der Waals surface area contributed by atoms with Crippen LogP contribution in [-0.2, 0) is 16.0 Å². The number of aromatic hydroxyl groups is 1. The van der Waals surface area contributed by atoms with E-state index in [-0.39, 0.29) is 34.4 Å². The van der Waals surface area contributed by atoms with Crippen LogP contribution in [0, 0.1) is 0 Å². The number of nitrogens with one attached hydrogen (secondary N) is 2. The zero-order chi connectivity index (χ0) is 18.4. The Morgan fingerprint density at radius 2 is 2.16 bits per heavy atom. The molecule has 136 valence electrons. The highest BCUT2D eigenvalue weighted by Gasteiger charge is 2.46. The van der Waals surface area contributed by atoms with Crippen molar-refractivity contribution in [2.45, 2.75) is 56.5 Å². The van der Waals surface area contributed by atoms with Crippen molar-refractivity contribution in [2.75, 3.05) is 7.05 Å². The molecule has 2 aliphatic heterocycles. The van der Waals surface area contributed by atoms with Crippen molar-refractivity contribution in [1.29, 1.82) is 0 Å². The van der Waals surface area contributed by atoms with Gasteiger partial charge >= 0.3 is 0 Å². The molecular formula is C18H25N3O3S. The highest BCUT2D eigenvalue weighted by molar-refractivity contribution is 7.99. The Balaban J connectivity index is 1.97. The van der Waals surface area contributed by atoms with Gasteiger partial charge in [-0.1, -0.05) is 6.07 Å². The maximum atomic E-state index is 13.1. The third-order valence-corrected chi connectivity index (χ3v) is 6.17. The maximum absolute atomic E-state index is 13.1. The Morgan fingerprint density at radius 3 is 2.84 bits per heavy atom. The number of nitrogens with zero attached hydrogens (tertiary/aromatic N) is 1. The Bertz CT molecular complexity index is 707. The lowest BCUT2D eigenvalue weighted by molar-refractivity contribution is -0.133. The summed E-state index contributed by atoms with van der Waals surface area (Å²) in [4.78, 5) is 25.4. The summed E-state index contributed by atoms with van der Waals surface area (Å²) in [5.74, 6) is -0.101. The van der Waals surface area contributed by atoms with Crippen LogP contribution >= 0.6 is 11.9 Å². The minimum atomic E-state index is -0.629. The van der Waals surface area contributed by atoms with Crippen LogP contribution in [0.25, 0.3) is 0 Å². The molecule has 3 N–H and O–H groups in total. The fraction of sp³-hybridized carbons (Fsp3) is 0.556. The molecule has 3 atom stereocenters. The van der Waals surface area contributed by atoms with E-state index in [1.54, 1.807) is 38.1 Å². The number of phenols is 1. The van der Waals surface area contributed by atoms with E-state index in [4.69, 9.17) is 0 Å². The van der Waals surface area contributed by atoms with Crippen LogP contribution in [0.5, 0.6) is 5.75 Å². The standard InChI is InChI=1S/C18H25N3O3S/c1-10(19-4)16(23)20-14-8-11-7-12(22)5-6-13(11)15-9-18(2,3)25-21(15)17(14)24/h5-7,10,14-15,19,22H,8-9H2,1-4H3,(H,20,23)/t10-,14-,15+/m0/s1. The van der Waals surface area contributed by atoms with Crippen LogP contribution in [0.1, 0.15) is 44.4 Å². The maximum Gasteiger partial charge on any atom is 0.255 e. The third-order valence-electron chi connectivity index (χ3n) is 4.88. The largest absolute Gasteiger partial charge is 0.508 e. The van der Waals surface area contributed by atoms with Crippen molar-refractivity contribution in [3.63, 3.8) is 0 Å². The molecule has 0 bridgehead atoms. The van der Waals surface area contributed by atoms with E-state index in [2.05, 4.69) is 24.5 Å². The summed E-state index contributed by atoms with van der Waals surface area (Å²) in [6.45, 7) is 6.00. The summed E-state index contributed by atoms with van der Waals surface area (Å²) >= 11 is 1.54.